The number of aryl methyl sites for hydroxylation is 1. The van der Waals surface area contributed by atoms with Crippen LogP contribution in [0.3, 0.4) is 0 Å². The first kappa shape index (κ1) is 13.1. The molecule has 1 amide bonds. The highest BCUT2D eigenvalue weighted by atomic mass is 16.4. The van der Waals surface area contributed by atoms with E-state index >= 15 is 0 Å². The maximum Gasteiger partial charge on any atom is 0.326 e. The van der Waals surface area contributed by atoms with Crippen LogP contribution in [-0.2, 0) is 4.79 Å². The van der Waals surface area contributed by atoms with Crippen molar-refractivity contribution in [2.75, 3.05) is 0 Å². The second kappa shape index (κ2) is 4.92. The van der Waals surface area contributed by atoms with Gasteiger partial charge in [-0.2, -0.15) is 0 Å². The van der Waals surface area contributed by atoms with E-state index in [1.807, 2.05) is 0 Å². The largest absolute Gasteiger partial charge is 0.480 e. The second-order valence-electron chi connectivity index (χ2n) is 5.78. The fourth-order valence-corrected chi connectivity index (χ4v) is 2.27. The molecule has 1 heterocycles. The summed E-state index contributed by atoms with van der Waals surface area (Å²) in [7, 11) is 0. The first-order valence-corrected chi connectivity index (χ1v) is 7.05. The molecule has 3 rings (SSSR count). The monoisotopic (exact) mass is 278 g/mol. The molecule has 1 aromatic rings. The molecule has 0 spiro atoms. The van der Waals surface area contributed by atoms with Crippen LogP contribution < -0.4 is 5.32 Å². The number of oxazole rings is 1. The summed E-state index contributed by atoms with van der Waals surface area (Å²) in [6.45, 7) is 1.71. The summed E-state index contributed by atoms with van der Waals surface area (Å²) in [5, 5.41) is 11.7. The molecule has 2 N–H and O–H groups in total. The van der Waals surface area contributed by atoms with Crippen LogP contribution in [0.25, 0.3) is 0 Å². The molecular formula is C14H18N2O4. The highest BCUT2D eigenvalue weighted by Gasteiger charge is 2.33. The van der Waals surface area contributed by atoms with E-state index < -0.39 is 17.9 Å². The van der Waals surface area contributed by atoms with Crippen molar-refractivity contribution >= 4 is 11.9 Å². The number of rotatable bonds is 6. The van der Waals surface area contributed by atoms with Gasteiger partial charge in [0.25, 0.3) is 5.91 Å². The molecule has 20 heavy (non-hydrogen) atoms. The minimum Gasteiger partial charge on any atom is -0.480 e. The molecule has 2 saturated carbocycles. The number of carbonyl (C=O) groups excluding carboxylic acids is 1. The van der Waals surface area contributed by atoms with Gasteiger partial charge >= 0.3 is 5.97 Å². The van der Waals surface area contributed by atoms with Crippen molar-refractivity contribution in [3.63, 3.8) is 0 Å². The first-order valence-electron chi connectivity index (χ1n) is 7.05. The zero-order chi connectivity index (χ0) is 14.3. The summed E-state index contributed by atoms with van der Waals surface area (Å²) in [6.07, 6.45) is 4.67. The molecule has 0 bridgehead atoms. The average molecular weight is 278 g/mol. The number of carbonyl (C=O) groups is 2. The predicted octanol–water partition coefficient (Wildman–Crippen LogP) is 1.84. The van der Waals surface area contributed by atoms with Crippen LogP contribution in [0.15, 0.2) is 4.42 Å². The lowest BCUT2D eigenvalue weighted by Gasteiger charge is -2.12. The van der Waals surface area contributed by atoms with Crippen molar-refractivity contribution in [3.05, 3.63) is 17.3 Å². The summed E-state index contributed by atoms with van der Waals surface area (Å²) in [5.41, 5.74) is 0.528. The van der Waals surface area contributed by atoms with Gasteiger partial charge in [-0.15, -0.1) is 0 Å². The number of carboxylic acid groups (broad SMARTS) is 1. The van der Waals surface area contributed by atoms with Crippen LogP contribution in [0.2, 0.25) is 0 Å². The molecule has 2 aliphatic rings. The van der Waals surface area contributed by atoms with E-state index in [0.717, 1.165) is 25.7 Å². The quantitative estimate of drug-likeness (QED) is 0.828. The van der Waals surface area contributed by atoms with Crippen LogP contribution in [0, 0.1) is 12.8 Å². The highest BCUT2D eigenvalue weighted by molar-refractivity contribution is 5.95. The third-order valence-electron chi connectivity index (χ3n) is 3.82. The Hall–Kier alpha value is -1.85. The minimum absolute atomic E-state index is 0.147. The molecule has 0 saturated heterocycles. The van der Waals surface area contributed by atoms with Crippen molar-refractivity contribution in [1.82, 2.24) is 10.3 Å². The van der Waals surface area contributed by atoms with Crippen molar-refractivity contribution in [2.45, 2.75) is 51.0 Å². The molecular weight excluding hydrogens is 260 g/mol. The van der Waals surface area contributed by atoms with Crippen LogP contribution in [-0.4, -0.2) is 28.0 Å². The summed E-state index contributed by atoms with van der Waals surface area (Å²) >= 11 is 0. The molecule has 0 radical (unpaired) electrons. The van der Waals surface area contributed by atoms with Crippen molar-refractivity contribution in [3.8, 4) is 0 Å². The number of aromatic nitrogens is 1. The number of carboxylic acids is 1. The van der Waals surface area contributed by atoms with E-state index in [-0.39, 0.29) is 5.76 Å². The van der Waals surface area contributed by atoms with E-state index in [0.29, 0.717) is 29.8 Å². The van der Waals surface area contributed by atoms with E-state index in [9.17, 15) is 9.59 Å². The van der Waals surface area contributed by atoms with Gasteiger partial charge in [0.2, 0.25) is 5.76 Å². The Morgan fingerprint density at radius 1 is 1.40 bits per heavy atom. The standard InChI is InChI=1S/C14H18N2O4/c1-7-11(20-13(15-7)9-4-5-9)12(17)16-10(14(18)19)6-8-2-3-8/h8-10H,2-6H2,1H3,(H,16,17)(H,18,19). The van der Waals surface area contributed by atoms with Gasteiger partial charge in [0.15, 0.2) is 5.89 Å². The molecule has 2 fully saturated rings. The summed E-state index contributed by atoms with van der Waals surface area (Å²) < 4.78 is 5.49. The van der Waals surface area contributed by atoms with E-state index in [4.69, 9.17) is 9.52 Å². The molecule has 0 aromatic carbocycles. The predicted molar refractivity (Wildman–Crippen MR) is 69.4 cm³/mol. The normalized spacial score (nSPS) is 19.6. The zero-order valence-electron chi connectivity index (χ0n) is 11.4. The van der Waals surface area contributed by atoms with Gasteiger partial charge < -0.3 is 14.8 Å². The number of hydrogen-bond acceptors (Lipinski definition) is 4. The van der Waals surface area contributed by atoms with Gasteiger partial charge in [0.05, 0.1) is 5.69 Å². The number of nitrogens with one attached hydrogen (secondary N) is 1. The van der Waals surface area contributed by atoms with Gasteiger partial charge in [-0.25, -0.2) is 9.78 Å². The summed E-state index contributed by atoms with van der Waals surface area (Å²) in [5.74, 6) is 0.0293. The molecule has 6 nitrogen and oxygen atoms in total. The first-order chi connectivity index (χ1) is 9.54. The van der Waals surface area contributed by atoms with Gasteiger partial charge in [0.1, 0.15) is 6.04 Å². The van der Waals surface area contributed by atoms with Crippen molar-refractivity contribution < 1.29 is 19.1 Å². The van der Waals surface area contributed by atoms with Crippen LogP contribution in [0.4, 0.5) is 0 Å². The fraction of sp³-hybridized carbons (Fsp3) is 0.643. The maximum absolute atomic E-state index is 12.1. The van der Waals surface area contributed by atoms with Gasteiger partial charge in [0, 0.05) is 5.92 Å². The molecule has 6 heteroatoms. The number of nitrogens with zero attached hydrogens (tertiary/aromatic N) is 1. The highest BCUT2D eigenvalue weighted by Crippen LogP contribution is 2.40. The Morgan fingerprint density at radius 2 is 2.10 bits per heavy atom. The van der Waals surface area contributed by atoms with Gasteiger partial charge in [-0.05, 0) is 32.1 Å². The van der Waals surface area contributed by atoms with Crippen LogP contribution in [0.1, 0.15) is 60.2 Å². The Balaban J connectivity index is 1.68. The molecule has 0 aliphatic heterocycles. The topological polar surface area (TPSA) is 92.4 Å². The lowest BCUT2D eigenvalue weighted by atomic mass is 10.1. The molecule has 108 valence electrons. The molecule has 1 aromatic heterocycles. The Kier molecular flexibility index (Phi) is 3.23. The minimum atomic E-state index is -0.996. The van der Waals surface area contributed by atoms with Crippen LogP contribution in [0.5, 0.6) is 0 Å². The second-order valence-corrected chi connectivity index (χ2v) is 5.78. The lowest BCUT2D eigenvalue weighted by Crippen LogP contribution is -2.41. The number of hydrogen-bond donors (Lipinski definition) is 2. The van der Waals surface area contributed by atoms with Crippen molar-refractivity contribution in [2.24, 2.45) is 5.92 Å². The van der Waals surface area contributed by atoms with E-state index in [1.54, 1.807) is 6.92 Å². The Bertz CT molecular complexity index is 543. The third-order valence-corrected chi connectivity index (χ3v) is 3.82. The maximum atomic E-state index is 12.1. The smallest absolute Gasteiger partial charge is 0.326 e. The van der Waals surface area contributed by atoms with Crippen molar-refractivity contribution in [1.29, 1.82) is 0 Å². The number of amides is 1. The molecule has 2 aliphatic carbocycles. The summed E-state index contributed by atoms with van der Waals surface area (Å²) in [4.78, 5) is 27.6. The molecule has 1 unspecified atom stereocenters. The number of aliphatic carboxylic acids is 1. The Morgan fingerprint density at radius 3 is 2.65 bits per heavy atom. The Labute approximate surface area is 116 Å². The van der Waals surface area contributed by atoms with Crippen LogP contribution >= 0.6 is 0 Å². The zero-order valence-corrected chi connectivity index (χ0v) is 11.4. The fourth-order valence-electron chi connectivity index (χ4n) is 2.27. The summed E-state index contributed by atoms with van der Waals surface area (Å²) in [6, 6.07) is -0.844. The average Bonchev–Trinajstić information content (AvgIpc) is 3.28. The molecule has 1 atom stereocenters. The third kappa shape index (κ3) is 2.84. The van der Waals surface area contributed by atoms with E-state index in [1.165, 1.54) is 0 Å². The van der Waals surface area contributed by atoms with E-state index in [2.05, 4.69) is 10.3 Å². The van der Waals surface area contributed by atoms with Gasteiger partial charge in [-0.1, -0.05) is 12.8 Å². The lowest BCUT2D eigenvalue weighted by molar-refractivity contribution is -0.139. The van der Waals surface area contributed by atoms with Gasteiger partial charge in [-0.3, -0.25) is 4.79 Å². The SMILES string of the molecule is Cc1nc(C2CC2)oc1C(=O)NC(CC1CC1)C(=O)O.